The Hall–Kier alpha value is -3.36. The molecule has 0 bridgehead atoms. The maximum absolute atomic E-state index is 14.0. The van der Waals surface area contributed by atoms with Gasteiger partial charge in [0.25, 0.3) is 0 Å². The van der Waals surface area contributed by atoms with Crippen LogP contribution in [0.5, 0.6) is 0 Å². The monoisotopic (exact) mass is 569 g/mol. The Kier molecular flexibility index (Phi) is 10.9. The summed E-state index contributed by atoms with van der Waals surface area (Å²) in [6.45, 7) is 4.06. The molecule has 9 heteroatoms. The molecular weight excluding hydrogens is 534 g/mol. The number of carbonyl (C=O) groups is 2. The fourth-order valence-electron chi connectivity index (χ4n) is 4.26. The first-order valence-corrected chi connectivity index (χ1v) is 15.3. The zero-order valence-electron chi connectivity index (χ0n) is 22.6. The van der Waals surface area contributed by atoms with Crippen molar-refractivity contribution in [3.05, 3.63) is 101 Å². The van der Waals surface area contributed by atoms with Crippen molar-refractivity contribution in [1.82, 2.24) is 10.2 Å². The molecule has 39 heavy (non-hydrogen) atoms. The zero-order chi connectivity index (χ0) is 28.4. The van der Waals surface area contributed by atoms with E-state index in [0.717, 1.165) is 40.1 Å². The number of nitrogens with zero attached hydrogens (tertiary/aromatic N) is 2. The fourth-order valence-corrected chi connectivity index (χ4v) is 5.33. The summed E-state index contributed by atoms with van der Waals surface area (Å²) >= 11 is 6.23. The number of nitrogens with one attached hydrogen (secondary N) is 1. The SMILES string of the molecule is CCCNC(=O)[C@@H](Cc1ccccc1)N(Cc1cccc(Cl)c1)C(=O)CN(c1ccc(CC)cc1)S(C)(=O)=O. The van der Waals surface area contributed by atoms with E-state index in [2.05, 4.69) is 5.32 Å². The number of benzene rings is 3. The van der Waals surface area contributed by atoms with Crippen molar-refractivity contribution in [2.45, 2.75) is 45.7 Å². The quantitative estimate of drug-likeness (QED) is 0.319. The predicted octanol–water partition coefficient (Wildman–Crippen LogP) is 4.83. The Morgan fingerprint density at radius 1 is 0.897 bits per heavy atom. The summed E-state index contributed by atoms with van der Waals surface area (Å²) in [6, 6.07) is 22.8. The second kappa shape index (κ2) is 14.1. The molecule has 0 spiro atoms. The molecule has 0 aromatic heterocycles. The van der Waals surface area contributed by atoms with Gasteiger partial charge in [0, 0.05) is 24.5 Å². The molecule has 7 nitrogen and oxygen atoms in total. The van der Waals surface area contributed by atoms with Crippen molar-refractivity contribution in [2.24, 2.45) is 0 Å². The second-order valence-corrected chi connectivity index (χ2v) is 11.8. The molecule has 2 amide bonds. The number of hydrogen-bond acceptors (Lipinski definition) is 4. The first-order valence-electron chi connectivity index (χ1n) is 13.0. The third-order valence-corrected chi connectivity index (χ3v) is 7.75. The molecule has 0 saturated heterocycles. The van der Waals surface area contributed by atoms with Crippen LogP contribution in [0.4, 0.5) is 5.69 Å². The highest BCUT2D eigenvalue weighted by Gasteiger charge is 2.33. The lowest BCUT2D eigenvalue weighted by molar-refractivity contribution is -0.140. The summed E-state index contributed by atoms with van der Waals surface area (Å²) in [5.74, 6) is -0.790. The van der Waals surface area contributed by atoms with E-state index in [1.807, 2.05) is 62.4 Å². The number of carbonyl (C=O) groups excluding carboxylic acids is 2. The summed E-state index contributed by atoms with van der Waals surface area (Å²) in [6.07, 6.45) is 2.89. The van der Waals surface area contributed by atoms with Gasteiger partial charge in [-0.1, -0.05) is 80.0 Å². The molecule has 0 aliphatic carbocycles. The van der Waals surface area contributed by atoms with Gasteiger partial charge >= 0.3 is 0 Å². The topological polar surface area (TPSA) is 86.8 Å². The molecule has 0 radical (unpaired) electrons. The molecule has 3 aromatic carbocycles. The lowest BCUT2D eigenvalue weighted by Gasteiger charge is -2.33. The van der Waals surface area contributed by atoms with Gasteiger partial charge < -0.3 is 10.2 Å². The Balaban J connectivity index is 2.03. The Morgan fingerprint density at radius 3 is 2.15 bits per heavy atom. The van der Waals surface area contributed by atoms with Gasteiger partial charge in [0.1, 0.15) is 12.6 Å². The van der Waals surface area contributed by atoms with E-state index < -0.39 is 28.5 Å². The van der Waals surface area contributed by atoms with E-state index in [9.17, 15) is 18.0 Å². The molecule has 1 N–H and O–H groups in total. The number of rotatable bonds is 13. The minimum absolute atomic E-state index is 0.0861. The second-order valence-electron chi connectivity index (χ2n) is 9.44. The van der Waals surface area contributed by atoms with Crippen LogP contribution in [0.1, 0.15) is 37.0 Å². The first-order chi connectivity index (χ1) is 18.6. The van der Waals surface area contributed by atoms with Crippen LogP contribution in [0.25, 0.3) is 0 Å². The number of sulfonamides is 1. The summed E-state index contributed by atoms with van der Waals surface area (Å²) < 4.78 is 26.8. The lowest BCUT2D eigenvalue weighted by Crippen LogP contribution is -2.53. The van der Waals surface area contributed by atoms with E-state index in [1.54, 1.807) is 30.3 Å². The minimum atomic E-state index is -3.80. The average Bonchev–Trinajstić information content (AvgIpc) is 2.92. The summed E-state index contributed by atoms with van der Waals surface area (Å²) in [5.41, 5.74) is 3.06. The van der Waals surface area contributed by atoms with Gasteiger partial charge in [0.15, 0.2) is 0 Å². The maximum atomic E-state index is 14.0. The van der Waals surface area contributed by atoms with Gasteiger partial charge in [0.2, 0.25) is 21.8 Å². The summed E-state index contributed by atoms with van der Waals surface area (Å²) in [7, 11) is -3.80. The number of halogens is 1. The van der Waals surface area contributed by atoms with Gasteiger partial charge in [-0.3, -0.25) is 13.9 Å². The molecule has 1 atom stereocenters. The van der Waals surface area contributed by atoms with Crippen LogP contribution in [0.2, 0.25) is 5.02 Å². The third-order valence-electron chi connectivity index (χ3n) is 6.37. The largest absolute Gasteiger partial charge is 0.354 e. The van der Waals surface area contributed by atoms with Crippen LogP contribution >= 0.6 is 11.6 Å². The third kappa shape index (κ3) is 8.83. The van der Waals surface area contributed by atoms with Crippen molar-refractivity contribution in [3.8, 4) is 0 Å². The Bertz CT molecular complexity index is 1350. The normalized spacial score (nSPS) is 12.0. The number of hydrogen-bond donors (Lipinski definition) is 1. The molecule has 3 aromatic rings. The molecule has 0 aliphatic rings. The molecular formula is C30H36ClN3O4S. The highest BCUT2D eigenvalue weighted by Crippen LogP contribution is 2.22. The molecule has 0 aliphatic heterocycles. The highest BCUT2D eigenvalue weighted by molar-refractivity contribution is 7.92. The molecule has 0 saturated carbocycles. The fraction of sp³-hybridized carbons (Fsp3) is 0.333. The van der Waals surface area contributed by atoms with Gasteiger partial charge in [0.05, 0.1) is 11.9 Å². The maximum Gasteiger partial charge on any atom is 0.244 e. The minimum Gasteiger partial charge on any atom is -0.354 e. The number of aryl methyl sites for hydroxylation is 1. The van der Waals surface area contributed by atoms with Crippen molar-refractivity contribution in [3.63, 3.8) is 0 Å². The molecule has 3 rings (SSSR count). The Morgan fingerprint density at radius 2 is 1.56 bits per heavy atom. The smallest absolute Gasteiger partial charge is 0.244 e. The standard InChI is InChI=1S/C30H36ClN3O4S/c1-4-18-32-30(36)28(20-24-10-7-6-8-11-24)33(21-25-12-9-13-26(31)19-25)29(35)22-34(39(3,37)38)27-16-14-23(5-2)15-17-27/h6-17,19,28H,4-5,18,20-22H2,1-3H3,(H,32,36)/t28-/m1/s1. The van der Waals surface area contributed by atoms with Gasteiger partial charge in [-0.2, -0.15) is 0 Å². The highest BCUT2D eigenvalue weighted by atomic mass is 35.5. The van der Waals surface area contributed by atoms with Crippen LogP contribution in [0, 0.1) is 0 Å². The van der Waals surface area contributed by atoms with Crippen LogP contribution in [-0.2, 0) is 39.0 Å². The zero-order valence-corrected chi connectivity index (χ0v) is 24.2. The van der Waals surface area contributed by atoms with E-state index >= 15 is 0 Å². The molecule has 0 unspecified atom stereocenters. The van der Waals surface area contributed by atoms with Crippen molar-refractivity contribution >= 4 is 39.1 Å². The molecule has 208 valence electrons. The van der Waals surface area contributed by atoms with Gasteiger partial charge in [-0.25, -0.2) is 8.42 Å². The summed E-state index contributed by atoms with van der Waals surface area (Å²) in [4.78, 5) is 28.9. The average molecular weight is 570 g/mol. The van der Waals surface area contributed by atoms with Gasteiger partial charge in [-0.05, 0) is 53.8 Å². The van der Waals surface area contributed by atoms with E-state index in [-0.39, 0.29) is 18.9 Å². The number of anilines is 1. The molecule has 0 heterocycles. The van der Waals surface area contributed by atoms with Crippen LogP contribution in [0.3, 0.4) is 0 Å². The van der Waals surface area contributed by atoms with Crippen LogP contribution < -0.4 is 9.62 Å². The van der Waals surface area contributed by atoms with E-state index in [4.69, 9.17) is 11.6 Å². The lowest BCUT2D eigenvalue weighted by atomic mass is 10.0. The van der Waals surface area contributed by atoms with Crippen LogP contribution in [0.15, 0.2) is 78.9 Å². The van der Waals surface area contributed by atoms with E-state index in [1.165, 1.54) is 4.90 Å². The number of amides is 2. The van der Waals surface area contributed by atoms with Crippen LogP contribution in [-0.4, -0.2) is 50.5 Å². The predicted molar refractivity (Wildman–Crippen MR) is 157 cm³/mol. The summed E-state index contributed by atoms with van der Waals surface area (Å²) in [5, 5.41) is 3.43. The van der Waals surface area contributed by atoms with E-state index in [0.29, 0.717) is 17.3 Å². The van der Waals surface area contributed by atoms with Gasteiger partial charge in [-0.15, -0.1) is 0 Å². The molecule has 0 fully saturated rings. The Labute approximate surface area is 236 Å². The van der Waals surface area contributed by atoms with Crippen molar-refractivity contribution in [1.29, 1.82) is 0 Å². The van der Waals surface area contributed by atoms with Crippen molar-refractivity contribution < 1.29 is 18.0 Å². The first kappa shape index (κ1) is 30.2. The van der Waals surface area contributed by atoms with Crippen molar-refractivity contribution in [2.75, 3.05) is 23.7 Å².